The van der Waals surface area contributed by atoms with E-state index in [0.29, 0.717) is 9.79 Å². The van der Waals surface area contributed by atoms with Gasteiger partial charge in [0.05, 0.1) is 0 Å². The van der Waals surface area contributed by atoms with E-state index in [1.54, 1.807) is 0 Å². The SMILES string of the molecule is CC(Br)=Cc1ccc(=S)[nH]c1Cl. The van der Waals surface area contributed by atoms with Crippen LogP contribution < -0.4 is 0 Å². The summed E-state index contributed by atoms with van der Waals surface area (Å²) in [5, 5.41) is 0.571. The Morgan fingerprint density at radius 1 is 1.67 bits per heavy atom. The predicted molar refractivity (Wildman–Crippen MR) is 59.2 cm³/mol. The van der Waals surface area contributed by atoms with E-state index in [-0.39, 0.29) is 0 Å². The third-order valence-electron chi connectivity index (χ3n) is 1.26. The van der Waals surface area contributed by atoms with Gasteiger partial charge in [-0.3, -0.25) is 0 Å². The average molecular weight is 265 g/mol. The van der Waals surface area contributed by atoms with Crippen LogP contribution in [-0.2, 0) is 0 Å². The molecule has 0 unspecified atom stereocenters. The zero-order chi connectivity index (χ0) is 9.14. The molecule has 1 N–H and O–H groups in total. The van der Waals surface area contributed by atoms with Gasteiger partial charge in [-0.1, -0.05) is 39.7 Å². The van der Waals surface area contributed by atoms with Crippen LogP contribution in [0, 0.1) is 4.64 Å². The molecule has 0 aromatic carbocycles. The zero-order valence-corrected chi connectivity index (χ0v) is 9.55. The maximum absolute atomic E-state index is 5.89. The molecule has 1 aromatic heterocycles. The normalized spacial score (nSPS) is 11.8. The standard InChI is InChI=1S/C8H7BrClNS/c1-5(9)4-6-2-3-7(12)11-8(6)10/h2-4H,1H3,(H,11,12). The summed E-state index contributed by atoms with van der Waals surface area (Å²) in [4.78, 5) is 2.86. The van der Waals surface area contributed by atoms with Crippen molar-refractivity contribution in [1.29, 1.82) is 0 Å². The lowest BCUT2D eigenvalue weighted by Gasteiger charge is -1.97. The molecule has 0 fully saturated rings. The molecule has 0 atom stereocenters. The fourth-order valence-corrected chi connectivity index (χ4v) is 1.48. The summed E-state index contributed by atoms with van der Waals surface area (Å²) in [6.07, 6.45) is 1.92. The Balaban J connectivity index is 3.19. The quantitative estimate of drug-likeness (QED) is 0.595. The van der Waals surface area contributed by atoms with Crippen LogP contribution in [0.2, 0.25) is 5.15 Å². The minimum atomic E-state index is 0.571. The van der Waals surface area contributed by atoms with Crippen molar-refractivity contribution in [2.45, 2.75) is 6.92 Å². The van der Waals surface area contributed by atoms with Crippen molar-refractivity contribution in [2.24, 2.45) is 0 Å². The fourth-order valence-electron chi connectivity index (χ4n) is 0.786. The van der Waals surface area contributed by atoms with Crippen LogP contribution >= 0.6 is 39.7 Å². The Labute approximate surface area is 89.6 Å². The highest BCUT2D eigenvalue weighted by Crippen LogP contribution is 2.17. The molecule has 1 heterocycles. The van der Waals surface area contributed by atoms with Crippen molar-refractivity contribution in [2.75, 3.05) is 0 Å². The fraction of sp³-hybridized carbons (Fsp3) is 0.125. The maximum atomic E-state index is 5.89. The molecule has 0 spiro atoms. The number of halogens is 2. The Kier molecular flexibility index (Phi) is 3.50. The molecule has 0 aliphatic heterocycles. The monoisotopic (exact) mass is 263 g/mol. The van der Waals surface area contributed by atoms with Crippen LogP contribution in [0.1, 0.15) is 12.5 Å². The first kappa shape index (κ1) is 9.96. The highest BCUT2D eigenvalue weighted by molar-refractivity contribution is 9.11. The first-order valence-corrected chi connectivity index (χ1v) is 4.90. The zero-order valence-electron chi connectivity index (χ0n) is 6.40. The summed E-state index contributed by atoms with van der Waals surface area (Å²) in [5.41, 5.74) is 0.930. The van der Waals surface area contributed by atoms with E-state index in [4.69, 9.17) is 23.8 Å². The van der Waals surface area contributed by atoms with Crippen LogP contribution in [-0.4, -0.2) is 4.98 Å². The van der Waals surface area contributed by atoms with Crippen LogP contribution in [0.5, 0.6) is 0 Å². The molecule has 1 aromatic rings. The molecule has 0 bridgehead atoms. The van der Waals surface area contributed by atoms with Crippen LogP contribution in [0.25, 0.3) is 6.08 Å². The third kappa shape index (κ3) is 2.73. The van der Waals surface area contributed by atoms with Gasteiger partial charge in [0.1, 0.15) is 9.79 Å². The van der Waals surface area contributed by atoms with Crippen LogP contribution in [0.15, 0.2) is 16.6 Å². The predicted octanol–water partition coefficient (Wildman–Crippen LogP) is 4.15. The molecule has 0 saturated heterocycles. The number of H-pyrrole nitrogens is 1. The summed E-state index contributed by atoms with van der Waals surface area (Å²) in [5.74, 6) is 0. The first-order chi connectivity index (χ1) is 5.59. The van der Waals surface area contributed by atoms with Gasteiger partial charge < -0.3 is 4.98 Å². The van der Waals surface area contributed by atoms with Crippen molar-refractivity contribution < 1.29 is 0 Å². The molecule has 0 saturated carbocycles. The van der Waals surface area contributed by atoms with Crippen LogP contribution in [0.4, 0.5) is 0 Å². The summed E-state index contributed by atoms with van der Waals surface area (Å²) in [7, 11) is 0. The Hall–Kier alpha value is -0.120. The second-order valence-electron chi connectivity index (χ2n) is 2.32. The van der Waals surface area contributed by atoms with E-state index in [1.165, 1.54) is 0 Å². The minimum absolute atomic E-state index is 0.571. The van der Waals surface area contributed by atoms with Crippen LogP contribution in [0.3, 0.4) is 0 Å². The van der Waals surface area contributed by atoms with Gasteiger partial charge in [0.25, 0.3) is 0 Å². The first-order valence-electron chi connectivity index (χ1n) is 3.32. The molecule has 1 rings (SSSR count). The minimum Gasteiger partial charge on any atom is -0.337 e. The number of allylic oxidation sites excluding steroid dienone is 1. The Morgan fingerprint density at radius 3 is 2.83 bits per heavy atom. The summed E-state index contributed by atoms with van der Waals surface area (Å²) >= 11 is 14.1. The van der Waals surface area contributed by atoms with Crippen molar-refractivity contribution in [3.63, 3.8) is 0 Å². The van der Waals surface area contributed by atoms with E-state index < -0.39 is 0 Å². The maximum Gasteiger partial charge on any atom is 0.114 e. The largest absolute Gasteiger partial charge is 0.337 e. The number of rotatable bonds is 1. The lowest BCUT2D eigenvalue weighted by Crippen LogP contribution is -1.80. The average Bonchev–Trinajstić information content (AvgIpc) is 1.94. The third-order valence-corrected chi connectivity index (χ3v) is 2.03. The second kappa shape index (κ2) is 4.21. The van der Waals surface area contributed by atoms with E-state index in [0.717, 1.165) is 10.0 Å². The van der Waals surface area contributed by atoms with E-state index >= 15 is 0 Å². The molecular formula is C8H7BrClNS. The number of pyridine rings is 1. The van der Waals surface area contributed by atoms with Gasteiger partial charge in [-0.25, -0.2) is 0 Å². The van der Waals surface area contributed by atoms with Gasteiger partial charge in [0.2, 0.25) is 0 Å². The van der Waals surface area contributed by atoms with Gasteiger partial charge in [-0.15, -0.1) is 0 Å². The number of hydrogen-bond acceptors (Lipinski definition) is 1. The summed E-state index contributed by atoms with van der Waals surface area (Å²) < 4.78 is 1.67. The number of aromatic amines is 1. The van der Waals surface area contributed by atoms with Gasteiger partial charge in [-0.05, 0) is 29.6 Å². The molecule has 0 aliphatic carbocycles. The van der Waals surface area contributed by atoms with E-state index in [2.05, 4.69) is 20.9 Å². The smallest absolute Gasteiger partial charge is 0.114 e. The van der Waals surface area contributed by atoms with Crippen molar-refractivity contribution in [3.8, 4) is 0 Å². The Morgan fingerprint density at radius 2 is 2.33 bits per heavy atom. The Bertz CT molecular complexity index is 366. The molecule has 64 valence electrons. The van der Waals surface area contributed by atoms with Gasteiger partial charge in [-0.2, -0.15) is 0 Å². The van der Waals surface area contributed by atoms with Gasteiger partial charge in [0, 0.05) is 5.56 Å². The summed E-state index contributed by atoms with van der Waals surface area (Å²) in [6.45, 7) is 1.94. The highest BCUT2D eigenvalue weighted by Gasteiger charge is 1.95. The number of nitrogens with one attached hydrogen (secondary N) is 1. The lowest BCUT2D eigenvalue weighted by atomic mass is 10.3. The topological polar surface area (TPSA) is 15.8 Å². The number of aromatic nitrogens is 1. The van der Waals surface area contributed by atoms with E-state index in [1.807, 2.05) is 25.1 Å². The van der Waals surface area contributed by atoms with Crippen molar-refractivity contribution in [3.05, 3.63) is 32.0 Å². The molecule has 12 heavy (non-hydrogen) atoms. The van der Waals surface area contributed by atoms with Crippen molar-refractivity contribution in [1.82, 2.24) is 4.98 Å². The molecular weight excluding hydrogens is 258 g/mol. The van der Waals surface area contributed by atoms with Gasteiger partial charge >= 0.3 is 0 Å². The van der Waals surface area contributed by atoms with E-state index in [9.17, 15) is 0 Å². The second-order valence-corrected chi connectivity index (χ2v) is 4.39. The highest BCUT2D eigenvalue weighted by atomic mass is 79.9. The molecule has 1 nitrogen and oxygen atoms in total. The van der Waals surface area contributed by atoms with Crippen molar-refractivity contribution >= 4 is 45.8 Å². The number of hydrogen-bond donors (Lipinski definition) is 1. The molecule has 0 radical (unpaired) electrons. The molecule has 0 aliphatic rings. The lowest BCUT2D eigenvalue weighted by molar-refractivity contribution is 1.29. The molecule has 4 heteroatoms. The molecule has 0 amide bonds. The van der Waals surface area contributed by atoms with Gasteiger partial charge in [0.15, 0.2) is 0 Å². The summed E-state index contributed by atoms with van der Waals surface area (Å²) in [6, 6.07) is 3.69.